The number of hydrogen-bond donors (Lipinski definition) is 1. The number of halogens is 2. The Labute approximate surface area is 163 Å². The van der Waals surface area contributed by atoms with Crippen LogP contribution in [0.1, 0.15) is 33.3 Å². The van der Waals surface area contributed by atoms with Gasteiger partial charge in [0.1, 0.15) is 0 Å². The second-order valence-corrected chi connectivity index (χ2v) is 24.8. The first kappa shape index (κ1) is 23.2. The molecule has 1 atom stereocenters. The molecule has 129 valence electrons. The molecule has 2 rings (SSSR count). The Kier molecular flexibility index (Phi) is 9.68. The largest absolute Gasteiger partial charge is 0.147 e. The van der Waals surface area contributed by atoms with Crippen LogP contribution >= 0.6 is 24.8 Å². The molecule has 1 aromatic rings. The Morgan fingerprint density at radius 1 is 0.957 bits per heavy atom. The molecule has 23 heavy (non-hydrogen) atoms. The Morgan fingerprint density at radius 3 is 1.96 bits per heavy atom. The molecule has 0 bridgehead atoms. The van der Waals surface area contributed by atoms with Crippen LogP contribution in [0.4, 0.5) is 5.69 Å². The van der Waals surface area contributed by atoms with Crippen molar-refractivity contribution in [3.05, 3.63) is 49.8 Å². The standard InChI is InChI=1S/C9H13.C7H8N.C2H7Si.2ClH.Zr/c1-6-5-7(2)9(4)8(6)3;1-6-4-2-3-5-7(6)8;1-3-2;;;/h6H,1-4H3;2-5,8H,1H3;3H,1-2H3;2*1H;/q;-1;;;;+1. The quantitative estimate of drug-likeness (QED) is 0.553. The molecule has 1 unspecified atom stereocenters. The summed E-state index contributed by atoms with van der Waals surface area (Å²) >= 11 is -1.75. The van der Waals surface area contributed by atoms with E-state index in [-0.39, 0.29) is 24.8 Å². The first-order valence-corrected chi connectivity index (χ1v) is 17.5. The van der Waals surface area contributed by atoms with Gasteiger partial charge in [-0.1, -0.05) is 0 Å². The minimum atomic E-state index is -1.75. The second-order valence-electron chi connectivity index (χ2n) is 6.58. The zero-order valence-electron chi connectivity index (χ0n) is 15.3. The van der Waals surface area contributed by atoms with E-state index in [9.17, 15) is 0 Å². The smallest absolute Gasteiger partial charge is 0.147 e. The van der Waals surface area contributed by atoms with Crippen LogP contribution in [0, 0.1) is 12.8 Å². The van der Waals surface area contributed by atoms with Gasteiger partial charge in [0.05, 0.1) is 0 Å². The Balaban J connectivity index is 0.00000242. The minimum Gasteiger partial charge on any atom is -0.147 e. The van der Waals surface area contributed by atoms with E-state index in [4.69, 9.17) is 0 Å². The van der Waals surface area contributed by atoms with Crippen LogP contribution < -0.4 is 3.26 Å². The zero-order chi connectivity index (χ0) is 15.7. The molecule has 0 aliphatic heterocycles. The van der Waals surface area contributed by atoms with E-state index in [1.54, 1.807) is 16.7 Å². The van der Waals surface area contributed by atoms with Gasteiger partial charge in [0, 0.05) is 0 Å². The van der Waals surface area contributed by atoms with Crippen LogP contribution in [-0.2, 0) is 21.2 Å². The second kappa shape index (κ2) is 9.61. The number of nitrogens with one attached hydrogen (secondary N) is 1. The predicted octanol–water partition coefficient (Wildman–Crippen LogP) is 6.03. The van der Waals surface area contributed by atoms with E-state index in [1.807, 2.05) is 3.28 Å². The van der Waals surface area contributed by atoms with Crippen LogP contribution in [-0.4, -0.2) is 5.92 Å². The molecule has 5 heteroatoms. The summed E-state index contributed by atoms with van der Waals surface area (Å²) in [5, 5.41) is 0. The van der Waals surface area contributed by atoms with Gasteiger partial charge in [-0.05, 0) is 0 Å². The number of hydrogen-bond acceptors (Lipinski definition) is 1. The number of benzene rings is 1. The summed E-state index contributed by atoms with van der Waals surface area (Å²) in [4.78, 5) is 0. The molecule has 0 fully saturated rings. The van der Waals surface area contributed by atoms with E-state index in [2.05, 4.69) is 75.2 Å². The summed E-state index contributed by atoms with van der Waals surface area (Å²) < 4.78 is 5.90. The van der Waals surface area contributed by atoms with Gasteiger partial charge < -0.3 is 0 Å². The van der Waals surface area contributed by atoms with Crippen LogP contribution in [0.15, 0.2) is 44.3 Å². The maximum absolute atomic E-state index is 4.06. The number of para-hydroxylation sites is 1. The summed E-state index contributed by atoms with van der Waals surface area (Å²) in [7, 11) is 0. The molecule has 1 N–H and O–H groups in total. The van der Waals surface area contributed by atoms with E-state index in [1.165, 1.54) is 11.3 Å². The van der Waals surface area contributed by atoms with Crippen molar-refractivity contribution in [2.24, 2.45) is 5.92 Å². The average Bonchev–Trinajstić information content (AvgIpc) is 2.63. The average molecular weight is 451 g/mol. The molecular formula is C18H30Cl2NSiZr. The van der Waals surface area contributed by atoms with E-state index in [0.717, 1.165) is 0 Å². The van der Waals surface area contributed by atoms with Gasteiger partial charge in [-0.2, -0.15) is 0 Å². The van der Waals surface area contributed by atoms with Gasteiger partial charge >= 0.3 is 140 Å². The molecule has 1 nitrogen and oxygen atoms in total. The topological polar surface area (TPSA) is 12.0 Å². The molecule has 1 aromatic carbocycles. The summed E-state index contributed by atoms with van der Waals surface area (Å²) in [6.07, 6.45) is 0. The van der Waals surface area contributed by atoms with Crippen molar-refractivity contribution in [3.63, 3.8) is 0 Å². The molecule has 1 aliphatic rings. The van der Waals surface area contributed by atoms with Crippen LogP contribution in [0.5, 0.6) is 0 Å². The summed E-state index contributed by atoms with van der Waals surface area (Å²) in [6.45, 7) is 16.7. The summed E-state index contributed by atoms with van der Waals surface area (Å²) in [5.74, 6) is 0.0125. The first-order chi connectivity index (χ1) is 9.84. The number of anilines is 1. The molecule has 0 aromatic heterocycles. The molecular weight excluding hydrogens is 420 g/mol. The zero-order valence-corrected chi connectivity index (χ0v) is 20.5. The Hall–Kier alpha value is 0.180. The maximum Gasteiger partial charge on any atom is -0.147 e. The number of allylic oxidation sites excluding steroid dienone is 4. The summed E-state index contributed by atoms with van der Waals surface area (Å²) in [5.41, 5.74) is 7.52. The van der Waals surface area contributed by atoms with Crippen molar-refractivity contribution in [3.8, 4) is 0 Å². The third-order valence-electron chi connectivity index (χ3n) is 4.92. The van der Waals surface area contributed by atoms with E-state index < -0.39 is 27.1 Å². The maximum atomic E-state index is 4.06. The minimum absolute atomic E-state index is 0. The molecule has 0 saturated heterocycles. The fourth-order valence-corrected chi connectivity index (χ4v) is 19.4. The van der Waals surface area contributed by atoms with Crippen molar-refractivity contribution in [1.29, 1.82) is 0 Å². The normalized spacial score (nSPS) is 17.1. The van der Waals surface area contributed by atoms with Gasteiger partial charge in [-0.3, -0.25) is 0 Å². The summed E-state index contributed by atoms with van der Waals surface area (Å²) in [6, 6.07) is 8.77. The fourth-order valence-electron chi connectivity index (χ4n) is 3.18. The number of aryl methyl sites for hydroxylation is 1. The third-order valence-corrected chi connectivity index (χ3v) is 22.0. The van der Waals surface area contributed by atoms with Gasteiger partial charge in [0.2, 0.25) is 0 Å². The van der Waals surface area contributed by atoms with Gasteiger partial charge in [-0.25, -0.2) is 0 Å². The fraction of sp³-hybridized carbons (Fsp3) is 0.444. The number of rotatable bonds is 4. The molecule has 0 amide bonds. The van der Waals surface area contributed by atoms with Crippen LogP contribution in [0.2, 0.25) is 13.1 Å². The van der Waals surface area contributed by atoms with E-state index in [0.29, 0.717) is 5.92 Å². The third kappa shape index (κ3) is 4.84. The Bertz CT molecular complexity index is 611. The van der Waals surface area contributed by atoms with Crippen molar-refractivity contribution in [1.82, 2.24) is 0 Å². The van der Waals surface area contributed by atoms with Crippen molar-refractivity contribution in [2.45, 2.75) is 47.7 Å². The molecule has 0 radical (unpaired) electrons. The molecule has 1 aliphatic carbocycles. The van der Waals surface area contributed by atoms with Crippen molar-refractivity contribution >= 4 is 36.4 Å². The SMILES string of the molecule is CC1=C(C)C(C)[C]([Zr]([NH]c2ccccc2C)[SiH](C)C)=C1C.Cl.Cl. The van der Waals surface area contributed by atoms with Gasteiger partial charge in [-0.15, -0.1) is 24.8 Å². The van der Waals surface area contributed by atoms with Gasteiger partial charge in [0.15, 0.2) is 0 Å². The van der Waals surface area contributed by atoms with Crippen LogP contribution in [0.3, 0.4) is 0 Å². The monoisotopic (exact) mass is 448 g/mol. The van der Waals surface area contributed by atoms with Crippen molar-refractivity contribution in [2.75, 3.05) is 3.26 Å². The predicted molar refractivity (Wildman–Crippen MR) is 108 cm³/mol. The van der Waals surface area contributed by atoms with Crippen LogP contribution in [0.25, 0.3) is 0 Å². The first-order valence-electron chi connectivity index (χ1n) is 7.93. The molecule has 0 spiro atoms. The Morgan fingerprint density at radius 2 is 1.52 bits per heavy atom. The van der Waals surface area contributed by atoms with Crippen molar-refractivity contribution < 1.29 is 21.2 Å². The molecule has 0 heterocycles. The van der Waals surface area contributed by atoms with E-state index >= 15 is 0 Å². The van der Waals surface area contributed by atoms with Gasteiger partial charge in [0.25, 0.3) is 0 Å². The molecule has 0 saturated carbocycles.